The molecule has 4 rings (SSSR count). The number of methoxy groups -OCH3 is 1. The first-order valence-corrected chi connectivity index (χ1v) is 14.4. The fourth-order valence-corrected chi connectivity index (χ4v) is 6.60. The predicted octanol–water partition coefficient (Wildman–Crippen LogP) is 4.11. The summed E-state index contributed by atoms with van der Waals surface area (Å²) < 4.78 is 11.0. The van der Waals surface area contributed by atoms with Crippen molar-refractivity contribution in [3.05, 3.63) is 35.4 Å². The maximum absolute atomic E-state index is 13.2. The number of hydrogen-bond acceptors (Lipinski definition) is 5. The monoisotopic (exact) mass is 512 g/mol. The standard InChI is InChI=1S/C30H44N2O5/c1-36-28(34)17-14-22-12-5-6-13-23(22)19-24-25-15-16-26(37-25)29(24)30(35)32-20-27(33)31-18-8-7-11-21-9-3-2-4-10-21/h5-6,12-13,21,24-26,29H,2-4,7-11,14-20H2,1H3,(H,31,33)(H,32,35)/t24-,25+,26-,29-/m1/s1. The van der Waals surface area contributed by atoms with Gasteiger partial charge in [0.1, 0.15) is 0 Å². The molecular weight excluding hydrogens is 468 g/mol. The Bertz CT molecular complexity index is 913. The molecule has 3 aliphatic rings. The van der Waals surface area contributed by atoms with Gasteiger partial charge in [0, 0.05) is 18.9 Å². The summed E-state index contributed by atoms with van der Waals surface area (Å²) in [4.78, 5) is 37.2. The van der Waals surface area contributed by atoms with E-state index in [1.807, 2.05) is 18.2 Å². The molecule has 1 saturated carbocycles. The summed E-state index contributed by atoms with van der Waals surface area (Å²) in [6.07, 6.45) is 13.8. The average Bonchev–Trinajstić information content (AvgIpc) is 3.53. The first-order valence-electron chi connectivity index (χ1n) is 14.4. The first-order chi connectivity index (χ1) is 18.0. The van der Waals surface area contributed by atoms with E-state index in [-0.39, 0.29) is 48.4 Å². The van der Waals surface area contributed by atoms with Crippen molar-refractivity contribution in [2.75, 3.05) is 20.2 Å². The van der Waals surface area contributed by atoms with Gasteiger partial charge in [0.05, 0.1) is 31.8 Å². The molecule has 1 aromatic carbocycles. The van der Waals surface area contributed by atoms with Crippen LogP contribution in [0.1, 0.15) is 81.8 Å². The number of carbonyl (C=O) groups is 3. The maximum Gasteiger partial charge on any atom is 0.305 e. The number of esters is 1. The third kappa shape index (κ3) is 7.79. The number of nitrogens with one attached hydrogen (secondary N) is 2. The molecule has 1 aliphatic carbocycles. The number of carbonyl (C=O) groups excluding carboxylic acids is 3. The Morgan fingerprint density at radius 3 is 2.49 bits per heavy atom. The zero-order valence-electron chi connectivity index (χ0n) is 22.3. The fraction of sp³-hybridized carbons (Fsp3) is 0.700. The highest BCUT2D eigenvalue weighted by molar-refractivity contribution is 5.86. The smallest absolute Gasteiger partial charge is 0.305 e. The molecule has 7 nitrogen and oxygen atoms in total. The molecule has 4 atom stereocenters. The van der Waals surface area contributed by atoms with Crippen LogP contribution < -0.4 is 10.6 Å². The topological polar surface area (TPSA) is 93.7 Å². The van der Waals surface area contributed by atoms with Crippen molar-refractivity contribution in [1.82, 2.24) is 10.6 Å². The minimum atomic E-state index is -0.254. The van der Waals surface area contributed by atoms with Crippen molar-refractivity contribution >= 4 is 17.8 Å². The molecule has 3 fully saturated rings. The van der Waals surface area contributed by atoms with Crippen LogP contribution in [-0.4, -0.2) is 50.2 Å². The van der Waals surface area contributed by atoms with Crippen LogP contribution in [0.2, 0.25) is 0 Å². The minimum Gasteiger partial charge on any atom is -0.469 e. The Balaban J connectivity index is 1.22. The molecule has 204 valence electrons. The van der Waals surface area contributed by atoms with E-state index in [2.05, 4.69) is 16.7 Å². The number of amides is 2. The summed E-state index contributed by atoms with van der Waals surface area (Å²) in [5.41, 5.74) is 2.26. The predicted molar refractivity (Wildman–Crippen MR) is 142 cm³/mol. The van der Waals surface area contributed by atoms with Crippen LogP contribution in [0.3, 0.4) is 0 Å². The van der Waals surface area contributed by atoms with Gasteiger partial charge in [-0.1, -0.05) is 69.2 Å². The molecule has 37 heavy (non-hydrogen) atoms. The number of fused-ring (bicyclic) bond motifs is 2. The number of ether oxygens (including phenoxy) is 2. The van der Waals surface area contributed by atoms with E-state index in [0.29, 0.717) is 19.4 Å². The summed E-state index contributed by atoms with van der Waals surface area (Å²) in [5, 5.41) is 5.85. The molecule has 2 amide bonds. The highest BCUT2D eigenvalue weighted by Gasteiger charge is 2.52. The molecular formula is C30H44N2O5. The molecule has 2 saturated heterocycles. The summed E-state index contributed by atoms with van der Waals surface area (Å²) in [5.74, 6) is 0.256. The fourth-order valence-electron chi connectivity index (χ4n) is 6.60. The SMILES string of the molecule is COC(=O)CCc1ccccc1C[C@H]1[C@@H](C(=O)NCC(=O)NCCCCC2CCCCC2)[C@H]2CC[C@@H]1O2. The second-order valence-electron chi connectivity index (χ2n) is 11.1. The third-order valence-corrected chi connectivity index (χ3v) is 8.64. The van der Waals surface area contributed by atoms with Crippen molar-refractivity contribution in [2.24, 2.45) is 17.8 Å². The molecule has 0 aromatic heterocycles. The van der Waals surface area contributed by atoms with E-state index < -0.39 is 0 Å². The second kappa shape index (κ2) is 13.9. The highest BCUT2D eigenvalue weighted by atomic mass is 16.5. The highest BCUT2D eigenvalue weighted by Crippen LogP contribution is 2.45. The van der Waals surface area contributed by atoms with Gasteiger partial charge in [0.25, 0.3) is 0 Å². The van der Waals surface area contributed by atoms with Crippen LogP contribution >= 0.6 is 0 Å². The largest absolute Gasteiger partial charge is 0.469 e. The van der Waals surface area contributed by atoms with Crippen molar-refractivity contribution < 1.29 is 23.9 Å². The van der Waals surface area contributed by atoms with Gasteiger partial charge in [-0.15, -0.1) is 0 Å². The lowest BCUT2D eigenvalue weighted by Crippen LogP contribution is -2.45. The Kier molecular flexibility index (Phi) is 10.4. The van der Waals surface area contributed by atoms with Crippen LogP contribution in [0.5, 0.6) is 0 Å². The minimum absolute atomic E-state index is 0.0117. The molecule has 0 unspecified atom stereocenters. The van der Waals surface area contributed by atoms with Crippen LogP contribution in [-0.2, 0) is 36.7 Å². The lowest BCUT2D eigenvalue weighted by atomic mass is 9.75. The van der Waals surface area contributed by atoms with Crippen molar-refractivity contribution in [3.63, 3.8) is 0 Å². The number of hydrogen-bond donors (Lipinski definition) is 2. The summed E-state index contributed by atoms with van der Waals surface area (Å²) >= 11 is 0. The quantitative estimate of drug-likeness (QED) is 0.306. The second-order valence-corrected chi connectivity index (χ2v) is 11.1. The van der Waals surface area contributed by atoms with E-state index in [0.717, 1.165) is 49.1 Å². The maximum atomic E-state index is 13.2. The Labute approximate surface area is 221 Å². The molecule has 2 aliphatic heterocycles. The van der Waals surface area contributed by atoms with E-state index >= 15 is 0 Å². The van der Waals surface area contributed by atoms with Crippen LogP contribution in [0, 0.1) is 17.8 Å². The Hall–Kier alpha value is -2.41. The normalized spacial score (nSPS) is 25.1. The molecule has 2 N–H and O–H groups in total. The molecule has 2 bridgehead atoms. The van der Waals surface area contributed by atoms with Gasteiger partial charge < -0.3 is 20.1 Å². The van der Waals surface area contributed by atoms with Gasteiger partial charge >= 0.3 is 5.97 Å². The number of unbranched alkanes of at least 4 members (excludes halogenated alkanes) is 1. The molecule has 7 heteroatoms. The van der Waals surface area contributed by atoms with Gasteiger partial charge in [0.2, 0.25) is 11.8 Å². The zero-order valence-corrected chi connectivity index (χ0v) is 22.3. The first kappa shape index (κ1) is 27.6. The van der Waals surface area contributed by atoms with Gasteiger partial charge in [-0.3, -0.25) is 14.4 Å². The summed E-state index contributed by atoms with van der Waals surface area (Å²) in [7, 11) is 1.41. The van der Waals surface area contributed by atoms with Crippen LogP contribution in [0.25, 0.3) is 0 Å². The van der Waals surface area contributed by atoms with Crippen LogP contribution in [0.15, 0.2) is 24.3 Å². The van der Waals surface area contributed by atoms with Crippen molar-refractivity contribution in [2.45, 2.75) is 95.7 Å². The lowest BCUT2D eigenvalue weighted by Gasteiger charge is -2.28. The zero-order chi connectivity index (χ0) is 26.0. The molecule has 1 aromatic rings. The van der Waals surface area contributed by atoms with Gasteiger partial charge in [-0.25, -0.2) is 0 Å². The van der Waals surface area contributed by atoms with E-state index in [9.17, 15) is 14.4 Å². The van der Waals surface area contributed by atoms with Gasteiger partial charge in [-0.2, -0.15) is 0 Å². The Morgan fingerprint density at radius 1 is 0.946 bits per heavy atom. The number of aryl methyl sites for hydroxylation is 1. The van der Waals surface area contributed by atoms with E-state index in [4.69, 9.17) is 9.47 Å². The van der Waals surface area contributed by atoms with E-state index in [1.165, 1.54) is 45.6 Å². The summed E-state index contributed by atoms with van der Waals surface area (Å²) in [6, 6.07) is 8.10. The number of rotatable bonds is 13. The lowest BCUT2D eigenvalue weighted by molar-refractivity contribution is -0.140. The van der Waals surface area contributed by atoms with Crippen molar-refractivity contribution in [3.8, 4) is 0 Å². The molecule has 0 spiro atoms. The van der Waals surface area contributed by atoms with Gasteiger partial charge in [-0.05, 0) is 49.1 Å². The van der Waals surface area contributed by atoms with Crippen LogP contribution in [0.4, 0.5) is 0 Å². The Morgan fingerprint density at radius 2 is 1.70 bits per heavy atom. The average molecular weight is 513 g/mol. The van der Waals surface area contributed by atoms with Crippen molar-refractivity contribution in [1.29, 1.82) is 0 Å². The van der Waals surface area contributed by atoms with Gasteiger partial charge in [0.15, 0.2) is 0 Å². The molecule has 0 radical (unpaired) electrons. The summed E-state index contributed by atoms with van der Waals surface area (Å²) in [6.45, 7) is 0.682. The number of benzene rings is 1. The molecule has 2 heterocycles. The van der Waals surface area contributed by atoms with E-state index in [1.54, 1.807) is 0 Å². The third-order valence-electron chi connectivity index (χ3n) is 8.64.